The third-order valence-electron chi connectivity index (χ3n) is 6.43. The molecule has 196 valence electrons. The molecule has 0 saturated carbocycles. The number of ether oxygens (including phenoxy) is 1. The second kappa shape index (κ2) is 11.3. The van der Waals surface area contributed by atoms with Crippen LogP contribution in [0.4, 0.5) is 5.69 Å². The number of hydrogen-bond donors (Lipinski definition) is 1. The van der Waals surface area contributed by atoms with Crippen LogP contribution in [0.3, 0.4) is 0 Å². The maximum absolute atomic E-state index is 13.2. The van der Waals surface area contributed by atoms with Crippen LogP contribution in [-0.4, -0.2) is 58.7 Å². The van der Waals surface area contributed by atoms with E-state index in [9.17, 15) is 24.8 Å². The predicted molar refractivity (Wildman–Crippen MR) is 143 cm³/mol. The number of carbonyl (C=O) groups is 2. The number of aliphatic hydroxyl groups excluding tert-OH is 1. The Morgan fingerprint density at radius 1 is 1.05 bits per heavy atom. The number of amides is 1. The van der Waals surface area contributed by atoms with Crippen molar-refractivity contribution in [3.8, 4) is 5.75 Å². The van der Waals surface area contributed by atoms with E-state index in [1.54, 1.807) is 31.2 Å². The van der Waals surface area contributed by atoms with E-state index in [-0.39, 0.29) is 23.6 Å². The van der Waals surface area contributed by atoms with E-state index in [0.717, 1.165) is 5.56 Å². The summed E-state index contributed by atoms with van der Waals surface area (Å²) in [6, 6.07) is 19.6. The minimum absolute atomic E-state index is 0.102. The Morgan fingerprint density at radius 2 is 1.79 bits per heavy atom. The maximum Gasteiger partial charge on any atom is 0.295 e. The van der Waals surface area contributed by atoms with Crippen molar-refractivity contribution in [3.63, 3.8) is 0 Å². The van der Waals surface area contributed by atoms with Gasteiger partial charge in [-0.2, -0.15) is 0 Å². The van der Waals surface area contributed by atoms with Gasteiger partial charge in [-0.15, -0.1) is 0 Å². The van der Waals surface area contributed by atoms with E-state index in [0.29, 0.717) is 35.6 Å². The molecule has 38 heavy (non-hydrogen) atoms. The molecule has 0 aliphatic carbocycles. The lowest BCUT2D eigenvalue weighted by Crippen LogP contribution is -2.35. The molecule has 1 atom stereocenters. The van der Waals surface area contributed by atoms with Crippen molar-refractivity contribution in [2.24, 2.45) is 0 Å². The van der Waals surface area contributed by atoms with Gasteiger partial charge in [0, 0.05) is 30.8 Å². The van der Waals surface area contributed by atoms with E-state index in [4.69, 9.17) is 4.74 Å². The summed E-state index contributed by atoms with van der Waals surface area (Å²) in [4.78, 5) is 40.4. The molecule has 9 nitrogen and oxygen atoms in total. The van der Waals surface area contributed by atoms with Gasteiger partial charge in [-0.1, -0.05) is 42.5 Å². The number of nitrogens with zero attached hydrogens (tertiary/aromatic N) is 3. The van der Waals surface area contributed by atoms with Crippen LogP contribution in [0.1, 0.15) is 28.3 Å². The smallest absolute Gasteiger partial charge is 0.295 e. The second-order valence-corrected chi connectivity index (χ2v) is 9.40. The molecule has 9 heteroatoms. The van der Waals surface area contributed by atoms with Crippen LogP contribution in [0, 0.1) is 17.0 Å². The Bertz CT molecular complexity index is 1400. The molecule has 1 amide bonds. The zero-order valence-electron chi connectivity index (χ0n) is 21.5. The Morgan fingerprint density at radius 3 is 2.45 bits per heavy atom. The zero-order valence-corrected chi connectivity index (χ0v) is 21.5. The van der Waals surface area contributed by atoms with Crippen LogP contribution in [0.5, 0.6) is 5.75 Å². The third kappa shape index (κ3) is 5.57. The number of likely N-dealkylation sites (N-methyl/N-ethyl adjacent to an activating group) is 1. The molecule has 1 unspecified atom stereocenters. The molecule has 3 aromatic carbocycles. The van der Waals surface area contributed by atoms with Gasteiger partial charge in [0.1, 0.15) is 18.1 Å². The SMILES string of the molecule is Cc1cc(OCc2ccccc2)ccc1/C(O)=C1\C(=O)C(=O)N(CCN(C)C)C1c1cccc([N+](=O)[O-])c1. The van der Waals surface area contributed by atoms with Gasteiger partial charge in [0.2, 0.25) is 0 Å². The molecule has 3 aromatic rings. The molecule has 0 aromatic heterocycles. The van der Waals surface area contributed by atoms with Crippen molar-refractivity contribution < 1.29 is 24.4 Å². The number of nitro benzene ring substituents is 1. The number of nitro groups is 1. The average molecular weight is 516 g/mol. The summed E-state index contributed by atoms with van der Waals surface area (Å²) < 4.78 is 5.87. The maximum atomic E-state index is 13.2. The van der Waals surface area contributed by atoms with E-state index < -0.39 is 22.7 Å². The number of Topliss-reactive ketones (excluding diaryl/α,β-unsaturated/α-hetero) is 1. The molecule has 0 radical (unpaired) electrons. The number of non-ortho nitro benzene ring substituents is 1. The minimum Gasteiger partial charge on any atom is -0.507 e. The van der Waals surface area contributed by atoms with Gasteiger partial charge in [-0.3, -0.25) is 19.7 Å². The fraction of sp³-hybridized carbons (Fsp3) is 0.241. The summed E-state index contributed by atoms with van der Waals surface area (Å²) in [6.45, 7) is 2.81. The van der Waals surface area contributed by atoms with Crippen molar-refractivity contribution in [1.82, 2.24) is 9.80 Å². The second-order valence-electron chi connectivity index (χ2n) is 9.40. The first-order valence-corrected chi connectivity index (χ1v) is 12.1. The van der Waals surface area contributed by atoms with Crippen LogP contribution < -0.4 is 4.74 Å². The standard InChI is InChI=1S/C29H29N3O6/c1-19-16-23(38-18-20-8-5-4-6-9-20)12-13-24(19)27(33)25-26(21-10-7-11-22(17-21)32(36)37)31(15-14-30(2)3)29(35)28(25)34/h4-13,16-17,26,33H,14-15,18H2,1-3H3/b27-25+. The van der Waals surface area contributed by atoms with Gasteiger partial charge >= 0.3 is 0 Å². The van der Waals surface area contributed by atoms with Gasteiger partial charge in [0.15, 0.2) is 0 Å². The highest BCUT2D eigenvalue weighted by molar-refractivity contribution is 6.46. The van der Waals surface area contributed by atoms with Gasteiger partial charge in [-0.05, 0) is 55.9 Å². The Labute approximate surface area is 220 Å². The highest BCUT2D eigenvalue weighted by Crippen LogP contribution is 2.40. The molecule has 1 fully saturated rings. The van der Waals surface area contributed by atoms with Gasteiger partial charge in [-0.25, -0.2) is 0 Å². The first kappa shape index (κ1) is 26.6. The van der Waals surface area contributed by atoms with Crippen molar-refractivity contribution in [2.75, 3.05) is 27.2 Å². The number of hydrogen-bond acceptors (Lipinski definition) is 7. The highest BCUT2D eigenvalue weighted by Gasteiger charge is 2.46. The molecule has 0 spiro atoms. The van der Waals surface area contributed by atoms with Gasteiger partial charge in [0.05, 0.1) is 16.5 Å². The van der Waals surface area contributed by atoms with Crippen molar-refractivity contribution >= 4 is 23.1 Å². The number of ketones is 1. The number of likely N-dealkylation sites (tertiary alicyclic amines) is 1. The van der Waals surface area contributed by atoms with Gasteiger partial charge < -0.3 is 19.6 Å². The van der Waals surface area contributed by atoms with E-state index in [1.807, 2.05) is 49.3 Å². The third-order valence-corrected chi connectivity index (χ3v) is 6.43. The fourth-order valence-corrected chi connectivity index (χ4v) is 4.45. The zero-order chi connectivity index (χ0) is 27.4. The van der Waals surface area contributed by atoms with E-state index in [1.165, 1.54) is 23.1 Å². The van der Waals surface area contributed by atoms with Crippen LogP contribution in [-0.2, 0) is 16.2 Å². The molecular formula is C29H29N3O6. The molecule has 4 rings (SSSR count). The first-order valence-electron chi connectivity index (χ1n) is 12.1. The summed E-state index contributed by atoms with van der Waals surface area (Å²) in [5.74, 6) is -1.34. The summed E-state index contributed by atoms with van der Waals surface area (Å²) in [7, 11) is 3.67. The van der Waals surface area contributed by atoms with Crippen LogP contribution >= 0.6 is 0 Å². The topological polar surface area (TPSA) is 113 Å². The molecule has 1 N–H and O–H groups in total. The molecule has 0 bridgehead atoms. The Balaban J connectivity index is 1.74. The van der Waals surface area contributed by atoms with Crippen LogP contribution in [0.2, 0.25) is 0 Å². The minimum atomic E-state index is -0.969. The number of carbonyl (C=O) groups excluding carboxylic acids is 2. The molecule has 1 saturated heterocycles. The van der Waals surface area contributed by atoms with Crippen LogP contribution in [0.15, 0.2) is 78.4 Å². The Hall–Kier alpha value is -4.50. The van der Waals surface area contributed by atoms with E-state index in [2.05, 4.69) is 0 Å². The molecule has 1 heterocycles. The quantitative estimate of drug-likeness (QED) is 0.147. The molecular weight excluding hydrogens is 486 g/mol. The molecule has 1 aliphatic rings. The van der Waals surface area contributed by atoms with Crippen LogP contribution in [0.25, 0.3) is 5.76 Å². The number of rotatable bonds is 9. The molecule has 1 aliphatic heterocycles. The summed E-state index contributed by atoms with van der Waals surface area (Å²) >= 11 is 0. The lowest BCUT2D eigenvalue weighted by Gasteiger charge is -2.26. The number of benzene rings is 3. The predicted octanol–water partition coefficient (Wildman–Crippen LogP) is 4.47. The first-order chi connectivity index (χ1) is 18.2. The monoisotopic (exact) mass is 515 g/mol. The highest BCUT2D eigenvalue weighted by atomic mass is 16.6. The fourth-order valence-electron chi connectivity index (χ4n) is 4.45. The van der Waals surface area contributed by atoms with Crippen molar-refractivity contribution in [3.05, 3.63) is 111 Å². The summed E-state index contributed by atoms with van der Waals surface area (Å²) in [5.41, 5.74) is 2.13. The van der Waals surface area contributed by atoms with E-state index >= 15 is 0 Å². The number of aryl methyl sites for hydroxylation is 1. The van der Waals surface area contributed by atoms with Crippen molar-refractivity contribution in [2.45, 2.75) is 19.6 Å². The summed E-state index contributed by atoms with van der Waals surface area (Å²) in [6.07, 6.45) is 0. The normalized spacial score (nSPS) is 16.7. The lowest BCUT2D eigenvalue weighted by atomic mass is 9.93. The largest absolute Gasteiger partial charge is 0.507 e. The van der Waals surface area contributed by atoms with Crippen molar-refractivity contribution in [1.29, 1.82) is 0 Å². The summed E-state index contributed by atoms with van der Waals surface area (Å²) in [5, 5.41) is 22.8. The number of aliphatic hydroxyl groups is 1. The Kier molecular flexibility index (Phi) is 7.87. The average Bonchev–Trinajstić information content (AvgIpc) is 3.16. The van der Waals surface area contributed by atoms with Gasteiger partial charge in [0.25, 0.3) is 17.4 Å². The lowest BCUT2D eigenvalue weighted by molar-refractivity contribution is -0.384.